The van der Waals surface area contributed by atoms with E-state index in [4.69, 9.17) is 9.47 Å². The Balaban J connectivity index is 1.48. The molecule has 2 aliphatic rings. The highest BCUT2D eigenvalue weighted by Gasteiger charge is 2.36. The number of ether oxygens (including phenoxy) is 2. The minimum atomic E-state index is -0.291. The molecule has 3 aromatic rings. The highest BCUT2D eigenvalue weighted by molar-refractivity contribution is 5.98. The molecule has 210 valence electrons. The van der Waals surface area contributed by atoms with E-state index in [-0.39, 0.29) is 36.4 Å². The number of hydrogen-bond acceptors (Lipinski definition) is 5. The van der Waals surface area contributed by atoms with Gasteiger partial charge >= 0.3 is 0 Å². The third kappa shape index (κ3) is 5.56. The number of anilines is 1. The van der Waals surface area contributed by atoms with E-state index in [2.05, 4.69) is 48.2 Å². The number of rotatable bonds is 7. The molecule has 0 spiro atoms. The Bertz CT molecular complexity index is 1350. The van der Waals surface area contributed by atoms with Crippen LogP contribution in [-0.4, -0.2) is 61.0 Å². The third-order valence-electron chi connectivity index (χ3n) is 8.03. The molecule has 7 heteroatoms. The average molecular weight is 542 g/mol. The second kappa shape index (κ2) is 11.7. The molecule has 1 fully saturated rings. The van der Waals surface area contributed by atoms with Gasteiger partial charge in [0.1, 0.15) is 0 Å². The SMILES string of the molecule is COc1cc2c(cc1OC(C)C)C(c1ccccc1)N(c1ccc(C(C)N3CCN(C(C)=O)CC3)cc1)C(=O)C2. The van der Waals surface area contributed by atoms with Gasteiger partial charge in [0.2, 0.25) is 11.8 Å². The van der Waals surface area contributed by atoms with Crippen LogP contribution in [-0.2, 0) is 16.0 Å². The summed E-state index contributed by atoms with van der Waals surface area (Å²) in [5.41, 5.74) is 5.10. The average Bonchev–Trinajstić information content (AvgIpc) is 2.96. The molecule has 2 atom stereocenters. The van der Waals surface area contributed by atoms with Crippen LogP contribution in [0.2, 0.25) is 0 Å². The maximum absolute atomic E-state index is 13.8. The van der Waals surface area contributed by atoms with Crippen molar-refractivity contribution in [3.63, 3.8) is 0 Å². The third-order valence-corrected chi connectivity index (χ3v) is 8.03. The fourth-order valence-electron chi connectivity index (χ4n) is 5.87. The standard InChI is InChI=1S/C33H39N3O4/c1-22(2)40-31-21-29-27(19-30(31)39-5)20-32(38)36(33(29)26-9-7-6-8-10-26)28-13-11-25(12-14-28)23(3)34-15-17-35(18-16-34)24(4)37/h6-14,19,21-23,33H,15-18,20H2,1-5H3. The van der Waals surface area contributed by atoms with Gasteiger partial charge in [-0.2, -0.15) is 0 Å². The first-order chi connectivity index (χ1) is 19.3. The van der Waals surface area contributed by atoms with Crippen LogP contribution in [0.5, 0.6) is 11.5 Å². The van der Waals surface area contributed by atoms with E-state index in [1.165, 1.54) is 5.56 Å². The molecule has 3 aromatic carbocycles. The first-order valence-electron chi connectivity index (χ1n) is 14.1. The lowest BCUT2D eigenvalue weighted by molar-refractivity contribution is -0.130. The van der Waals surface area contributed by atoms with E-state index in [9.17, 15) is 9.59 Å². The lowest BCUT2D eigenvalue weighted by atomic mass is 9.86. The van der Waals surface area contributed by atoms with Crippen molar-refractivity contribution in [3.8, 4) is 11.5 Å². The molecule has 7 nitrogen and oxygen atoms in total. The molecule has 2 heterocycles. The summed E-state index contributed by atoms with van der Waals surface area (Å²) >= 11 is 0. The van der Waals surface area contributed by atoms with Crippen molar-refractivity contribution < 1.29 is 19.1 Å². The van der Waals surface area contributed by atoms with Gasteiger partial charge in [-0.1, -0.05) is 42.5 Å². The summed E-state index contributed by atoms with van der Waals surface area (Å²) < 4.78 is 11.7. The van der Waals surface area contributed by atoms with E-state index in [1.54, 1.807) is 14.0 Å². The fourth-order valence-corrected chi connectivity index (χ4v) is 5.87. The second-order valence-electron chi connectivity index (χ2n) is 10.9. The number of amides is 2. The highest BCUT2D eigenvalue weighted by atomic mass is 16.5. The first-order valence-corrected chi connectivity index (χ1v) is 14.1. The number of nitrogens with zero attached hydrogens (tertiary/aromatic N) is 3. The Hall–Kier alpha value is -3.84. The van der Waals surface area contributed by atoms with E-state index < -0.39 is 0 Å². The van der Waals surface area contributed by atoms with Crippen LogP contribution in [0.25, 0.3) is 0 Å². The van der Waals surface area contributed by atoms with Crippen molar-refractivity contribution >= 4 is 17.5 Å². The van der Waals surface area contributed by atoms with Crippen LogP contribution >= 0.6 is 0 Å². The lowest BCUT2D eigenvalue weighted by Crippen LogP contribution is -2.48. The molecule has 2 unspecified atom stereocenters. The maximum atomic E-state index is 13.8. The fraction of sp³-hybridized carbons (Fsp3) is 0.394. The Morgan fingerprint density at radius 2 is 1.57 bits per heavy atom. The number of benzene rings is 3. The largest absolute Gasteiger partial charge is 0.493 e. The minimum Gasteiger partial charge on any atom is -0.493 e. The van der Waals surface area contributed by atoms with Gasteiger partial charge in [0.25, 0.3) is 0 Å². The van der Waals surface area contributed by atoms with Gasteiger partial charge in [0.15, 0.2) is 11.5 Å². The molecular formula is C33H39N3O4. The Morgan fingerprint density at radius 1 is 0.900 bits per heavy atom. The van der Waals surface area contributed by atoms with Crippen LogP contribution < -0.4 is 14.4 Å². The van der Waals surface area contributed by atoms with E-state index >= 15 is 0 Å². The van der Waals surface area contributed by atoms with Crippen LogP contribution in [0.4, 0.5) is 5.69 Å². The van der Waals surface area contributed by atoms with E-state index in [0.717, 1.165) is 48.6 Å². The molecule has 5 rings (SSSR count). The molecule has 0 aromatic heterocycles. The Morgan fingerprint density at radius 3 is 2.17 bits per heavy atom. The van der Waals surface area contributed by atoms with E-state index in [1.807, 2.05) is 54.0 Å². The second-order valence-corrected chi connectivity index (χ2v) is 10.9. The molecule has 0 saturated carbocycles. The molecule has 0 N–H and O–H groups in total. The molecule has 2 amide bonds. The van der Waals surface area contributed by atoms with Crippen molar-refractivity contribution in [2.45, 2.75) is 52.3 Å². The normalized spacial score (nSPS) is 18.4. The number of carbonyl (C=O) groups excluding carboxylic acids is 2. The lowest BCUT2D eigenvalue weighted by Gasteiger charge is -2.39. The zero-order chi connectivity index (χ0) is 28.4. The highest BCUT2D eigenvalue weighted by Crippen LogP contribution is 2.43. The van der Waals surface area contributed by atoms with Gasteiger partial charge in [0.05, 0.1) is 25.7 Å². The van der Waals surface area contributed by atoms with Gasteiger partial charge in [0, 0.05) is 44.8 Å². The number of piperazine rings is 1. The van der Waals surface area contributed by atoms with Gasteiger partial charge in [-0.15, -0.1) is 0 Å². The van der Waals surface area contributed by atoms with Gasteiger partial charge in [-0.25, -0.2) is 0 Å². The molecule has 0 bridgehead atoms. The summed E-state index contributed by atoms with van der Waals surface area (Å²) in [7, 11) is 1.63. The minimum absolute atomic E-state index is 0.0107. The summed E-state index contributed by atoms with van der Waals surface area (Å²) in [6.07, 6.45) is 0.277. The predicted octanol–water partition coefficient (Wildman–Crippen LogP) is 5.39. The quantitative estimate of drug-likeness (QED) is 0.402. The monoisotopic (exact) mass is 541 g/mol. The van der Waals surface area contributed by atoms with Gasteiger partial charge in [-0.3, -0.25) is 14.5 Å². The molecular weight excluding hydrogens is 502 g/mol. The molecule has 2 aliphatic heterocycles. The predicted molar refractivity (Wildman–Crippen MR) is 157 cm³/mol. The van der Waals surface area contributed by atoms with Crippen molar-refractivity contribution in [3.05, 3.63) is 89.0 Å². The van der Waals surface area contributed by atoms with Gasteiger partial charge < -0.3 is 19.3 Å². The first kappa shape index (κ1) is 27.7. The molecule has 1 saturated heterocycles. The zero-order valence-corrected chi connectivity index (χ0v) is 24.1. The molecule has 0 aliphatic carbocycles. The van der Waals surface area contributed by atoms with Crippen LogP contribution in [0.1, 0.15) is 62.0 Å². The number of fused-ring (bicyclic) bond motifs is 1. The summed E-state index contributed by atoms with van der Waals surface area (Å²) in [5.74, 6) is 1.50. The maximum Gasteiger partial charge on any atom is 0.232 e. The number of hydrogen-bond donors (Lipinski definition) is 0. The van der Waals surface area contributed by atoms with Crippen molar-refractivity contribution in [1.29, 1.82) is 0 Å². The topological polar surface area (TPSA) is 62.3 Å². The summed E-state index contributed by atoms with van der Waals surface area (Å²) in [5, 5.41) is 0. The zero-order valence-electron chi connectivity index (χ0n) is 24.1. The molecule has 40 heavy (non-hydrogen) atoms. The van der Waals surface area contributed by atoms with Crippen molar-refractivity contribution in [2.24, 2.45) is 0 Å². The molecule has 0 radical (unpaired) electrons. The van der Waals surface area contributed by atoms with Gasteiger partial charge in [-0.05, 0) is 67.3 Å². The van der Waals surface area contributed by atoms with Crippen molar-refractivity contribution in [1.82, 2.24) is 9.80 Å². The Kier molecular flexibility index (Phi) is 8.12. The van der Waals surface area contributed by atoms with Crippen LogP contribution in [0.15, 0.2) is 66.7 Å². The summed E-state index contributed by atoms with van der Waals surface area (Å²) in [6.45, 7) is 11.0. The number of methoxy groups -OCH3 is 1. The summed E-state index contributed by atoms with van der Waals surface area (Å²) in [6, 6.07) is 22.5. The Labute approximate surface area is 237 Å². The van der Waals surface area contributed by atoms with E-state index in [0.29, 0.717) is 11.5 Å². The van der Waals surface area contributed by atoms with Crippen LogP contribution in [0.3, 0.4) is 0 Å². The van der Waals surface area contributed by atoms with Crippen LogP contribution in [0, 0.1) is 0 Å². The number of carbonyl (C=O) groups is 2. The van der Waals surface area contributed by atoms with Crippen molar-refractivity contribution in [2.75, 3.05) is 38.2 Å². The summed E-state index contributed by atoms with van der Waals surface area (Å²) in [4.78, 5) is 31.7. The smallest absolute Gasteiger partial charge is 0.232 e.